The number of fused-ring (bicyclic) bond motifs is 1. The third-order valence-electron chi connectivity index (χ3n) is 3.39. The summed E-state index contributed by atoms with van der Waals surface area (Å²) in [6.07, 6.45) is 0.819. The molecule has 1 heterocycles. The fraction of sp³-hybridized carbons (Fsp3) is 0.250. The van der Waals surface area contributed by atoms with Gasteiger partial charge >= 0.3 is 0 Å². The molecule has 0 amide bonds. The van der Waals surface area contributed by atoms with Crippen molar-refractivity contribution in [1.29, 1.82) is 0 Å². The van der Waals surface area contributed by atoms with Crippen LogP contribution in [0.1, 0.15) is 23.6 Å². The Balaban J connectivity index is 1.85. The zero-order valence-electron chi connectivity index (χ0n) is 11.0. The standard InChI is InChI=1S/C16H16ClNOS/c17-12-6-7-14(16-15(12)13(18)8-9-19-16)20-10-11-4-2-1-3-5-11/h1-7,13H,8-10,18H2. The maximum atomic E-state index is 6.26. The summed E-state index contributed by atoms with van der Waals surface area (Å²) in [5.41, 5.74) is 8.40. The van der Waals surface area contributed by atoms with Crippen molar-refractivity contribution in [3.8, 4) is 5.75 Å². The lowest BCUT2D eigenvalue weighted by Crippen LogP contribution is -2.21. The molecule has 0 bridgehead atoms. The third-order valence-corrected chi connectivity index (χ3v) is 4.83. The highest BCUT2D eigenvalue weighted by molar-refractivity contribution is 7.98. The van der Waals surface area contributed by atoms with Crippen LogP contribution in [0, 0.1) is 0 Å². The lowest BCUT2D eigenvalue weighted by molar-refractivity contribution is 0.262. The highest BCUT2D eigenvalue weighted by Crippen LogP contribution is 2.43. The first-order valence-corrected chi connectivity index (χ1v) is 7.99. The van der Waals surface area contributed by atoms with Gasteiger partial charge in [-0.1, -0.05) is 41.9 Å². The predicted molar refractivity (Wildman–Crippen MR) is 84.5 cm³/mol. The van der Waals surface area contributed by atoms with Crippen molar-refractivity contribution in [2.75, 3.05) is 6.61 Å². The molecule has 0 saturated carbocycles. The van der Waals surface area contributed by atoms with Crippen molar-refractivity contribution in [1.82, 2.24) is 0 Å². The van der Waals surface area contributed by atoms with Gasteiger partial charge in [0.15, 0.2) is 0 Å². The van der Waals surface area contributed by atoms with Crippen LogP contribution in [0.2, 0.25) is 5.02 Å². The van der Waals surface area contributed by atoms with Crippen LogP contribution in [0.15, 0.2) is 47.4 Å². The number of ether oxygens (including phenoxy) is 1. The zero-order chi connectivity index (χ0) is 13.9. The number of halogens is 1. The van der Waals surface area contributed by atoms with E-state index in [4.69, 9.17) is 22.1 Å². The molecule has 0 aliphatic carbocycles. The Morgan fingerprint density at radius 3 is 2.80 bits per heavy atom. The smallest absolute Gasteiger partial charge is 0.139 e. The second-order valence-electron chi connectivity index (χ2n) is 4.81. The van der Waals surface area contributed by atoms with E-state index >= 15 is 0 Å². The minimum Gasteiger partial charge on any atom is -0.492 e. The Bertz CT molecular complexity index is 603. The van der Waals surface area contributed by atoms with Gasteiger partial charge in [0.25, 0.3) is 0 Å². The van der Waals surface area contributed by atoms with Gasteiger partial charge in [-0.2, -0.15) is 0 Å². The molecule has 1 unspecified atom stereocenters. The topological polar surface area (TPSA) is 35.2 Å². The van der Waals surface area contributed by atoms with Gasteiger partial charge in [0.05, 0.1) is 11.5 Å². The number of nitrogens with two attached hydrogens (primary N) is 1. The molecule has 2 aromatic rings. The maximum Gasteiger partial charge on any atom is 0.139 e. The molecule has 1 atom stereocenters. The Morgan fingerprint density at radius 1 is 1.20 bits per heavy atom. The van der Waals surface area contributed by atoms with E-state index in [1.807, 2.05) is 18.2 Å². The van der Waals surface area contributed by atoms with Gasteiger partial charge < -0.3 is 10.5 Å². The molecule has 3 rings (SSSR count). The summed E-state index contributed by atoms with van der Waals surface area (Å²) in [4.78, 5) is 1.11. The van der Waals surface area contributed by atoms with Crippen LogP contribution in [0.5, 0.6) is 5.75 Å². The van der Waals surface area contributed by atoms with Gasteiger partial charge in [0.1, 0.15) is 5.75 Å². The molecule has 2 aromatic carbocycles. The molecule has 0 saturated heterocycles. The molecule has 104 valence electrons. The van der Waals surface area contributed by atoms with E-state index in [0.717, 1.165) is 28.4 Å². The fourth-order valence-corrected chi connectivity index (χ4v) is 3.60. The molecule has 20 heavy (non-hydrogen) atoms. The summed E-state index contributed by atoms with van der Waals surface area (Å²) in [7, 11) is 0. The van der Waals surface area contributed by atoms with Crippen LogP contribution in [-0.4, -0.2) is 6.61 Å². The fourth-order valence-electron chi connectivity index (χ4n) is 2.33. The number of benzene rings is 2. The second-order valence-corrected chi connectivity index (χ2v) is 6.23. The van der Waals surface area contributed by atoms with Gasteiger partial charge in [-0.25, -0.2) is 0 Å². The van der Waals surface area contributed by atoms with E-state index in [1.54, 1.807) is 11.8 Å². The van der Waals surface area contributed by atoms with Crippen LogP contribution >= 0.6 is 23.4 Å². The van der Waals surface area contributed by atoms with E-state index < -0.39 is 0 Å². The molecule has 0 fully saturated rings. The summed E-state index contributed by atoms with van der Waals surface area (Å²) in [5.74, 6) is 1.78. The van der Waals surface area contributed by atoms with Crippen molar-refractivity contribution < 1.29 is 4.74 Å². The van der Waals surface area contributed by atoms with Crippen LogP contribution in [-0.2, 0) is 5.75 Å². The minimum atomic E-state index is -0.0245. The van der Waals surface area contributed by atoms with E-state index in [1.165, 1.54) is 5.56 Å². The van der Waals surface area contributed by atoms with E-state index in [9.17, 15) is 0 Å². The Morgan fingerprint density at radius 2 is 2.00 bits per heavy atom. The number of rotatable bonds is 3. The molecule has 0 aromatic heterocycles. The molecular weight excluding hydrogens is 290 g/mol. The normalized spacial score (nSPS) is 17.4. The van der Waals surface area contributed by atoms with Gasteiger partial charge in [0.2, 0.25) is 0 Å². The molecule has 1 aliphatic heterocycles. The van der Waals surface area contributed by atoms with E-state index in [-0.39, 0.29) is 6.04 Å². The maximum absolute atomic E-state index is 6.26. The molecule has 4 heteroatoms. The average molecular weight is 306 g/mol. The Kier molecular flexibility index (Phi) is 4.20. The summed E-state index contributed by atoms with van der Waals surface area (Å²) in [6.45, 7) is 0.660. The molecule has 2 nitrogen and oxygen atoms in total. The second kappa shape index (κ2) is 6.08. The molecule has 1 aliphatic rings. The molecule has 2 N–H and O–H groups in total. The van der Waals surface area contributed by atoms with Crippen molar-refractivity contribution in [3.63, 3.8) is 0 Å². The van der Waals surface area contributed by atoms with Crippen LogP contribution < -0.4 is 10.5 Å². The number of hydrogen-bond acceptors (Lipinski definition) is 3. The van der Waals surface area contributed by atoms with Gasteiger partial charge in [0, 0.05) is 28.8 Å². The van der Waals surface area contributed by atoms with Crippen LogP contribution in [0.4, 0.5) is 0 Å². The molecule has 0 spiro atoms. The summed E-state index contributed by atoms with van der Waals surface area (Å²) >= 11 is 8.02. The highest BCUT2D eigenvalue weighted by atomic mass is 35.5. The van der Waals surface area contributed by atoms with Crippen molar-refractivity contribution in [2.24, 2.45) is 5.73 Å². The lowest BCUT2D eigenvalue weighted by atomic mass is 10.0. The third kappa shape index (κ3) is 2.80. The first-order chi connectivity index (χ1) is 9.75. The molecular formula is C16H16ClNOS. The first kappa shape index (κ1) is 13.8. The quantitative estimate of drug-likeness (QED) is 0.853. The number of thioether (sulfide) groups is 1. The zero-order valence-corrected chi connectivity index (χ0v) is 12.6. The summed E-state index contributed by atoms with van der Waals surface area (Å²) < 4.78 is 5.81. The van der Waals surface area contributed by atoms with Gasteiger partial charge in [-0.3, -0.25) is 0 Å². The van der Waals surface area contributed by atoms with Gasteiger partial charge in [-0.05, 0) is 17.7 Å². The van der Waals surface area contributed by atoms with Gasteiger partial charge in [-0.15, -0.1) is 11.8 Å². The lowest BCUT2D eigenvalue weighted by Gasteiger charge is -2.26. The van der Waals surface area contributed by atoms with E-state index in [2.05, 4.69) is 24.3 Å². The first-order valence-electron chi connectivity index (χ1n) is 6.63. The Labute approximate surface area is 128 Å². The van der Waals surface area contributed by atoms with Crippen LogP contribution in [0.25, 0.3) is 0 Å². The predicted octanol–water partition coefficient (Wildman–Crippen LogP) is 4.41. The average Bonchev–Trinajstić information content (AvgIpc) is 2.48. The Hall–Kier alpha value is -1.16. The van der Waals surface area contributed by atoms with Crippen molar-refractivity contribution in [2.45, 2.75) is 23.1 Å². The molecule has 0 radical (unpaired) electrons. The van der Waals surface area contributed by atoms with E-state index in [0.29, 0.717) is 11.6 Å². The monoisotopic (exact) mass is 305 g/mol. The number of hydrogen-bond donors (Lipinski definition) is 1. The largest absolute Gasteiger partial charge is 0.492 e. The van der Waals surface area contributed by atoms with Crippen molar-refractivity contribution in [3.05, 3.63) is 58.6 Å². The summed E-state index contributed by atoms with van der Waals surface area (Å²) in [5, 5.41) is 0.705. The SMILES string of the molecule is NC1CCOc2c(SCc3ccccc3)ccc(Cl)c21. The van der Waals surface area contributed by atoms with Crippen molar-refractivity contribution >= 4 is 23.4 Å². The summed E-state index contributed by atoms with van der Waals surface area (Å²) in [6, 6.07) is 14.3. The van der Waals surface area contributed by atoms with Crippen LogP contribution in [0.3, 0.4) is 0 Å². The highest BCUT2D eigenvalue weighted by Gasteiger charge is 2.24. The minimum absolute atomic E-state index is 0.0245.